The van der Waals surface area contributed by atoms with Gasteiger partial charge in [-0.1, -0.05) is 30.3 Å². The van der Waals surface area contributed by atoms with Gasteiger partial charge in [0.1, 0.15) is 0 Å². The summed E-state index contributed by atoms with van der Waals surface area (Å²) in [6.07, 6.45) is 0. The first-order valence-electron chi connectivity index (χ1n) is 8.76. The van der Waals surface area contributed by atoms with Gasteiger partial charge in [-0.05, 0) is 29.7 Å². The van der Waals surface area contributed by atoms with E-state index in [4.69, 9.17) is 14.7 Å². The van der Waals surface area contributed by atoms with Gasteiger partial charge in [-0.3, -0.25) is 4.79 Å². The third-order valence-electron chi connectivity index (χ3n) is 4.87. The Morgan fingerprint density at radius 2 is 1.69 bits per heavy atom. The smallest absolute Gasteiger partial charge is 0.254 e. The monoisotopic (exact) mass is 343 g/mol. The van der Waals surface area contributed by atoms with Gasteiger partial charge in [0, 0.05) is 24.0 Å². The van der Waals surface area contributed by atoms with Crippen molar-refractivity contribution in [2.24, 2.45) is 0 Å². The predicted octanol–water partition coefficient (Wildman–Crippen LogP) is 3.41. The van der Waals surface area contributed by atoms with Crippen molar-refractivity contribution in [3.63, 3.8) is 0 Å². The molecule has 1 amide bonds. The number of hydrogen-bond donors (Lipinski definition) is 0. The Hall–Kier alpha value is -3.05. The van der Waals surface area contributed by atoms with Gasteiger partial charge in [0.05, 0.1) is 35.3 Å². The first-order chi connectivity index (χ1) is 12.8. The second-order valence-electron chi connectivity index (χ2n) is 6.49. The Bertz CT molecular complexity index is 1150. The number of amides is 1. The largest absolute Gasteiger partial charge is 0.378 e. The standard InChI is InChI=1S/C21H17N3O2/c25-21(24-9-11-26-12-10-24)15-6-7-17-19(13-15)23-20-16-4-2-1-3-14(16)5-8-18(20)22-17/h1-8,13H,9-12H2. The minimum Gasteiger partial charge on any atom is -0.378 e. The molecule has 1 aliphatic heterocycles. The minimum atomic E-state index is 0.0232. The highest BCUT2D eigenvalue weighted by Gasteiger charge is 2.19. The molecule has 26 heavy (non-hydrogen) atoms. The van der Waals surface area contributed by atoms with Crippen LogP contribution in [0.5, 0.6) is 0 Å². The number of aromatic nitrogens is 2. The summed E-state index contributed by atoms with van der Waals surface area (Å²) >= 11 is 0. The topological polar surface area (TPSA) is 55.3 Å². The second kappa shape index (κ2) is 6.04. The van der Waals surface area contributed by atoms with Gasteiger partial charge in [-0.25, -0.2) is 9.97 Å². The van der Waals surface area contributed by atoms with Crippen LogP contribution in [0.15, 0.2) is 54.6 Å². The number of fused-ring (bicyclic) bond motifs is 4. The van der Waals surface area contributed by atoms with Gasteiger partial charge in [-0.2, -0.15) is 0 Å². The van der Waals surface area contributed by atoms with Gasteiger partial charge in [0.2, 0.25) is 0 Å². The molecule has 4 aromatic rings. The van der Waals surface area contributed by atoms with Crippen molar-refractivity contribution in [1.29, 1.82) is 0 Å². The Balaban J connectivity index is 1.65. The molecule has 128 valence electrons. The van der Waals surface area contributed by atoms with Gasteiger partial charge in [0.15, 0.2) is 0 Å². The summed E-state index contributed by atoms with van der Waals surface area (Å²) in [7, 11) is 0. The lowest BCUT2D eigenvalue weighted by atomic mass is 10.1. The maximum absolute atomic E-state index is 12.7. The van der Waals surface area contributed by atoms with Crippen molar-refractivity contribution in [3.05, 3.63) is 60.2 Å². The van der Waals surface area contributed by atoms with Crippen LogP contribution in [-0.4, -0.2) is 47.1 Å². The normalized spacial score (nSPS) is 15.0. The van der Waals surface area contributed by atoms with Gasteiger partial charge >= 0.3 is 0 Å². The van der Waals surface area contributed by atoms with Crippen LogP contribution in [0.1, 0.15) is 10.4 Å². The fraction of sp³-hybridized carbons (Fsp3) is 0.190. The van der Waals surface area contributed by atoms with E-state index < -0.39 is 0 Å². The summed E-state index contributed by atoms with van der Waals surface area (Å²) in [6.45, 7) is 2.45. The molecule has 2 heterocycles. The molecular formula is C21H17N3O2. The SMILES string of the molecule is O=C(c1ccc2nc3ccc4ccccc4c3nc2c1)N1CCOCC1. The molecule has 0 spiro atoms. The summed E-state index contributed by atoms with van der Waals surface area (Å²) in [5.41, 5.74) is 3.92. The van der Waals surface area contributed by atoms with E-state index in [1.807, 2.05) is 41.3 Å². The van der Waals surface area contributed by atoms with E-state index in [-0.39, 0.29) is 5.91 Å². The highest BCUT2D eigenvalue weighted by atomic mass is 16.5. The Labute approximate surface area is 150 Å². The van der Waals surface area contributed by atoms with E-state index in [0.29, 0.717) is 31.9 Å². The summed E-state index contributed by atoms with van der Waals surface area (Å²) in [5.74, 6) is 0.0232. The molecule has 1 aliphatic rings. The molecule has 0 bridgehead atoms. The van der Waals surface area contributed by atoms with E-state index >= 15 is 0 Å². The Morgan fingerprint density at radius 1 is 0.885 bits per heavy atom. The summed E-state index contributed by atoms with van der Waals surface area (Å²) in [6, 6.07) is 17.8. The van der Waals surface area contributed by atoms with E-state index in [9.17, 15) is 4.79 Å². The van der Waals surface area contributed by atoms with E-state index in [1.165, 1.54) is 0 Å². The Kier molecular flexibility index (Phi) is 3.53. The lowest BCUT2D eigenvalue weighted by Gasteiger charge is -2.26. The number of ether oxygens (including phenoxy) is 1. The number of benzene rings is 3. The molecule has 1 fully saturated rings. The molecule has 1 saturated heterocycles. The van der Waals surface area contributed by atoms with Crippen molar-refractivity contribution in [3.8, 4) is 0 Å². The van der Waals surface area contributed by atoms with Crippen molar-refractivity contribution in [1.82, 2.24) is 14.9 Å². The van der Waals surface area contributed by atoms with Crippen LogP contribution in [0.3, 0.4) is 0 Å². The molecule has 0 N–H and O–H groups in total. The van der Waals surface area contributed by atoms with Crippen LogP contribution < -0.4 is 0 Å². The van der Waals surface area contributed by atoms with E-state index in [2.05, 4.69) is 18.2 Å². The van der Waals surface area contributed by atoms with Crippen molar-refractivity contribution in [2.45, 2.75) is 0 Å². The van der Waals surface area contributed by atoms with E-state index in [0.717, 1.165) is 32.8 Å². The average Bonchev–Trinajstić information content (AvgIpc) is 2.72. The average molecular weight is 343 g/mol. The Morgan fingerprint density at radius 3 is 2.58 bits per heavy atom. The molecule has 5 nitrogen and oxygen atoms in total. The molecule has 1 aromatic heterocycles. The summed E-state index contributed by atoms with van der Waals surface area (Å²) < 4.78 is 5.33. The van der Waals surface area contributed by atoms with Crippen LogP contribution >= 0.6 is 0 Å². The van der Waals surface area contributed by atoms with Crippen LogP contribution in [0.2, 0.25) is 0 Å². The third kappa shape index (κ3) is 2.48. The van der Waals surface area contributed by atoms with Crippen molar-refractivity contribution < 1.29 is 9.53 Å². The van der Waals surface area contributed by atoms with Crippen LogP contribution in [0, 0.1) is 0 Å². The number of carbonyl (C=O) groups excluding carboxylic acids is 1. The molecule has 0 atom stereocenters. The molecular weight excluding hydrogens is 326 g/mol. The second-order valence-corrected chi connectivity index (χ2v) is 6.49. The fourth-order valence-electron chi connectivity index (χ4n) is 3.49. The predicted molar refractivity (Wildman–Crippen MR) is 101 cm³/mol. The first kappa shape index (κ1) is 15.2. The lowest BCUT2D eigenvalue weighted by molar-refractivity contribution is 0.0303. The van der Waals surface area contributed by atoms with E-state index in [1.54, 1.807) is 0 Å². The maximum atomic E-state index is 12.7. The molecule has 0 radical (unpaired) electrons. The van der Waals surface area contributed by atoms with Crippen molar-refractivity contribution >= 4 is 38.7 Å². The highest BCUT2D eigenvalue weighted by Crippen LogP contribution is 2.25. The zero-order valence-electron chi connectivity index (χ0n) is 14.2. The molecule has 0 saturated carbocycles. The quantitative estimate of drug-likeness (QED) is 0.393. The highest BCUT2D eigenvalue weighted by molar-refractivity contribution is 6.06. The molecule has 0 aliphatic carbocycles. The molecule has 0 unspecified atom stereocenters. The number of nitrogens with zero attached hydrogens (tertiary/aromatic N) is 3. The molecule has 3 aromatic carbocycles. The third-order valence-corrected chi connectivity index (χ3v) is 4.87. The maximum Gasteiger partial charge on any atom is 0.254 e. The van der Waals surface area contributed by atoms with Crippen LogP contribution in [0.4, 0.5) is 0 Å². The number of rotatable bonds is 1. The number of carbonyl (C=O) groups is 1. The first-order valence-corrected chi connectivity index (χ1v) is 8.76. The van der Waals surface area contributed by atoms with Crippen LogP contribution in [0.25, 0.3) is 32.8 Å². The zero-order chi connectivity index (χ0) is 17.5. The van der Waals surface area contributed by atoms with Crippen molar-refractivity contribution in [2.75, 3.05) is 26.3 Å². The van der Waals surface area contributed by atoms with Gasteiger partial charge in [-0.15, -0.1) is 0 Å². The molecule has 5 heteroatoms. The van der Waals surface area contributed by atoms with Gasteiger partial charge in [0.25, 0.3) is 5.91 Å². The summed E-state index contributed by atoms with van der Waals surface area (Å²) in [5, 5.41) is 2.21. The lowest BCUT2D eigenvalue weighted by Crippen LogP contribution is -2.40. The van der Waals surface area contributed by atoms with Crippen LogP contribution in [-0.2, 0) is 4.74 Å². The molecule has 5 rings (SSSR count). The zero-order valence-corrected chi connectivity index (χ0v) is 14.2. The van der Waals surface area contributed by atoms with Gasteiger partial charge < -0.3 is 9.64 Å². The number of morpholine rings is 1. The minimum absolute atomic E-state index is 0.0232. The summed E-state index contributed by atoms with van der Waals surface area (Å²) in [4.78, 5) is 24.1. The number of hydrogen-bond acceptors (Lipinski definition) is 4. The fourth-order valence-corrected chi connectivity index (χ4v) is 3.49.